The fourth-order valence-electron chi connectivity index (χ4n) is 4.41. The number of nitrogens with one attached hydrogen (secondary N) is 2. The summed E-state index contributed by atoms with van der Waals surface area (Å²) < 4.78 is 0. The predicted molar refractivity (Wildman–Crippen MR) is 125 cm³/mol. The highest BCUT2D eigenvalue weighted by Crippen LogP contribution is 2.29. The smallest absolute Gasteiger partial charge is 0.169 e. The minimum absolute atomic E-state index is 0.0591. The monoisotopic (exact) mass is 430 g/mol. The molecule has 4 nitrogen and oxygen atoms in total. The second kappa shape index (κ2) is 8.99. The third-order valence-electron chi connectivity index (χ3n) is 5.20. The highest BCUT2D eigenvalue weighted by molar-refractivity contribution is 7.80. The van der Waals surface area contributed by atoms with Crippen molar-refractivity contribution in [2.75, 3.05) is 0 Å². The number of piperidine rings is 1. The molecule has 2 N–H and O–H groups in total. The molecule has 6 heteroatoms. The number of aromatic nitrogens is 1. The summed E-state index contributed by atoms with van der Waals surface area (Å²) in [6, 6.07) is 14.2. The van der Waals surface area contributed by atoms with Crippen molar-refractivity contribution >= 4 is 28.9 Å². The maximum absolute atomic E-state index is 6.43. The van der Waals surface area contributed by atoms with Crippen LogP contribution in [0.1, 0.15) is 51.8 Å². The van der Waals surface area contributed by atoms with Crippen LogP contribution in [-0.4, -0.2) is 32.1 Å². The van der Waals surface area contributed by atoms with Crippen molar-refractivity contribution in [1.82, 2.24) is 20.5 Å². The van der Waals surface area contributed by atoms with Crippen molar-refractivity contribution in [3.8, 4) is 0 Å². The van der Waals surface area contributed by atoms with Gasteiger partial charge in [-0.15, -0.1) is 0 Å². The van der Waals surface area contributed by atoms with Gasteiger partial charge >= 0.3 is 0 Å². The van der Waals surface area contributed by atoms with Gasteiger partial charge in [0.05, 0.1) is 12.2 Å². The van der Waals surface area contributed by atoms with Gasteiger partial charge < -0.3 is 15.5 Å². The molecule has 1 aliphatic heterocycles. The number of rotatable bonds is 5. The first kappa shape index (κ1) is 22.0. The number of pyridine rings is 1. The lowest BCUT2D eigenvalue weighted by Crippen LogP contribution is -2.62. The molecule has 1 aliphatic rings. The van der Waals surface area contributed by atoms with Crippen LogP contribution in [0.15, 0.2) is 48.7 Å². The molecule has 2 heterocycles. The summed E-state index contributed by atoms with van der Waals surface area (Å²) in [6.45, 7) is 10.3. The average molecular weight is 431 g/mol. The zero-order valence-corrected chi connectivity index (χ0v) is 19.3. The minimum Gasteiger partial charge on any atom is -0.360 e. The van der Waals surface area contributed by atoms with Gasteiger partial charge in [-0.05, 0) is 76.5 Å². The Kier molecular flexibility index (Phi) is 6.82. The van der Waals surface area contributed by atoms with E-state index in [-0.39, 0.29) is 11.1 Å². The molecule has 0 saturated carbocycles. The van der Waals surface area contributed by atoms with Gasteiger partial charge in [0.1, 0.15) is 0 Å². The van der Waals surface area contributed by atoms with Crippen molar-refractivity contribution in [1.29, 1.82) is 0 Å². The molecule has 1 aromatic carbocycles. The quantitative estimate of drug-likeness (QED) is 0.658. The van der Waals surface area contributed by atoms with E-state index in [9.17, 15) is 0 Å². The first-order valence-electron chi connectivity index (χ1n) is 10.1. The van der Waals surface area contributed by atoms with Crippen molar-refractivity contribution in [2.45, 2.75) is 70.7 Å². The van der Waals surface area contributed by atoms with Gasteiger partial charge in [0.2, 0.25) is 0 Å². The Labute approximate surface area is 185 Å². The molecule has 2 aromatic rings. The van der Waals surface area contributed by atoms with Crippen molar-refractivity contribution in [3.05, 3.63) is 64.9 Å². The maximum Gasteiger partial charge on any atom is 0.169 e. The van der Waals surface area contributed by atoms with Crippen LogP contribution in [0.5, 0.6) is 0 Å². The lowest BCUT2D eigenvalue weighted by molar-refractivity contribution is 0.153. The van der Waals surface area contributed by atoms with Gasteiger partial charge in [-0.1, -0.05) is 35.9 Å². The van der Waals surface area contributed by atoms with Crippen molar-refractivity contribution in [2.24, 2.45) is 0 Å². The van der Waals surface area contributed by atoms with Crippen LogP contribution < -0.4 is 10.6 Å². The predicted octanol–water partition coefficient (Wildman–Crippen LogP) is 4.92. The van der Waals surface area contributed by atoms with Gasteiger partial charge in [0.25, 0.3) is 0 Å². The van der Waals surface area contributed by atoms with E-state index in [1.807, 2.05) is 48.7 Å². The van der Waals surface area contributed by atoms with E-state index >= 15 is 0 Å². The number of hydrogen-bond acceptors (Lipinski definition) is 3. The third kappa shape index (κ3) is 6.39. The summed E-state index contributed by atoms with van der Waals surface area (Å²) in [5.74, 6) is 0. The summed E-state index contributed by atoms with van der Waals surface area (Å²) in [7, 11) is 0. The molecule has 0 radical (unpaired) electrons. The first-order chi connectivity index (χ1) is 13.6. The second-order valence-electron chi connectivity index (χ2n) is 9.22. The molecule has 156 valence electrons. The molecule has 29 heavy (non-hydrogen) atoms. The molecule has 0 spiro atoms. The van der Waals surface area contributed by atoms with Gasteiger partial charge in [-0.3, -0.25) is 4.98 Å². The Hall–Kier alpha value is -1.69. The van der Waals surface area contributed by atoms with Crippen LogP contribution in [0, 0.1) is 0 Å². The average Bonchev–Trinajstić information content (AvgIpc) is 2.61. The Bertz CT molecular complexity index is 822. The van der Waals surface area contributed by atoms with Crippen LogP contribution in [0.4, 0.5) is 0 Å². The zero-order chi connectivity index (χ0) is 21.1. The summed E-state index contributed by atoms with van der Waals surface area (Å²) in [6.07, 6.45) is 3.84. The van der Waals surface area contributed by atoms with Crippen LogP contribution in [0.2, 0.25) is 5.02 Å². The number of hydrogen-bond donors (Lipinski definition) is 2. The number of thiocarbonyl (C=S) groups is 1. The summed E-state index contributed by atoms with van der Waals surface area (Å²) >= 11 is 12.3. The molecule has 0 amide bonds. The molecule has 0 unspecified atom stereocenters. The van der Waals surface area contributed by atoms with Crippen LogP contribution in [0.3, 0.4) is 0 Å². The Morgan fingerprint density at radius 2 is 1.76 bits per heavy atom. The van der Waals surface area contributed by atoms with E-state index < -0.39 is 0 Å². The molecule has 0 atom stereocenters. The topological polar surface area (TPSA) is 40.2 Å². The van der Waals surface area contributed by atoms with Gasteiger partial charge in [-0.2, -0.15) is 0 Å². The largest absolute Gasteiger partial charge is 0.360 e. The van der Waals surface area contributed by atoms with Crippen LogP contribution >= 0.6 is 23.8 Å². The van der Waals surface area contributed by atoms with E-state index in [1.54, 1.807) is 0 Å². The standard InChI is InChI=1S/C23H31ClN4S/c1-22(2)13-19(14-23(3,4)27-22)26-21(29)28(16-18-10-7-8-12-25-18)15-17-9-5-6-11-20(17)24/h5-12,19,27H,13-16H2,1-4H3,(H,26,29). The molecular formula is C23H31ClN4S. The van der Waals surface area contributed by atoms with E-state index in [0.29, 0.717) is 19.1 Å². The first-order valence-corrected chi connectivity index (χ1v) is 10.9. The Balaban J connectivity index is 1.77. The molecular weight excluding hydrogens is 400 g/mol. The fourth-order valence-corrected chi connectivity index (χ4v) is 4.90. The fraction of sp³-hybridized carbons (Fsp3) is 0.478. The molecule has 1 fully saturated rings. The maximum atomic E-state index is 6.43. The SMILES string of the molecule is CC1(C)CC(NC(=S)N(Cc2ccccn2)Cc2ccccc2Cl)CC(C)(C)N1. The Morgan fingerprint density at radius 3 is 2.38 bits per heavy atom. The van der Waals surface area contributed by atoms with Crippen LogP contribution in [-0.2, 0) is 13.1 Å². The van der Waals surface area contributed by atoms with Gasteiger partial charge in [0, 0.05) is 34.9 Å². The van der Waals surface area contributed by atoms with E-state index in [4.69, 9.17) is 23.8 Å². The van der Waals surface area contributed by atoms with Gasteiger partial charge in [-0.25, -0.2) is 0 Å². The summed E-state index contributed by atoms with van der Waals surface area (Å²) in [5.41, 5.74) is 2.16. The highest BCUT2D eigenvalue weighted by Gasteiger charge is 2.38. The minimum atomic E-state index is 0.0591. The lowest BCUT2D eigenvalue weighted by atomic mass is 9.80. The molecule has 3 rings (SSSR count). The normalized spacial score (nSPS) is 18.2. The zero-order valence-electron chi connectivity index (χ0n) is 17.7. The number of nitrogens with zero attached hydrogens (tertiary/aromatic N) is 2. The second-order valence-corrected chi connectivity index (χ2v) is 10.0. The van der Waals surface area contributed by atoms with Crippen molar-refractivity contribution < 1.29 is 0 Å². The third-order valence-corrected chi connectivity index (χ3v) is 5.95. The lowest BCUT2D eigenvalue weighted by Gasteiger charge is -2.47. The van der Waals surface area contributed by atoms with E-state index in [1.165, 1.54) is 0 Å². The molecule has 0 bridgehead atoms. The molecule has 1 aromatic heterocycles. The summed E-state index contributed by atoms with van der Waals surface area (Å²) in [4.78, 5) is 6.64. The molecule has 1 saturated heterocycles. The number of benzene rings is 1. The summed E-state index contributed by atoms with van der Waals surface area (Å²) in [5, 5.41) is 8.86. The van der Waals surface area contributed by atoms with Gasteiger partial charge in [0.15, 0.2) is 5.11 Å². The molecule has 0 aliphatic carbocycles. The van der Waals surface area contributed by atoms with E-state index in [0.717, 1.165) is 34.2 Å². The van der Waals surface area contributed by atoms with Crippen molar-refractivity contribution in [3.63, 3.8) is 0 Å². The van der Waals surface area contributed by atoms with Crippen LogP contribution in [0.25, 0.3) is 0 Å². The highest BCUT2D eigenvalue weighted by atomic mass is 35.5. The Morgan fingerprint density at radius 1 is 1.10 bits per heavy atom. The number of halogens is 1. The van der Waals surface area contributed by atoms with E-state index in [2.05, 4.69) is 48.2 Å².